The van der Waals surface area contributed by atoms with Gasteiger partial charge in [-0.15, -0.1) is 5.10 Å². The summed E-state index contributed by atoms with van der Waals surface area (Å²) in [4.78, 5) is 11.5. The van der Waals surface area contributed by atoms with Crippen LogP contribution in [0.4, 0.5) is 0 Å². The topological polar surface area (TPSA) is 97.2 Å². The Bertz CT molecular complexity index is 1130. The van der Waals surface area contributed by atoms with Crippen molar-refractivity contribution in [1.82, 2.24) is 5.32 Å². The van der Waals surface area contributed by atoms with Gasteiger partial charge in [0.25, 0.3) is 0 Å². The van der Waals surface area contributed by atoms with E-state index in [1.165, 1.54) is 24.0 Å². The van der Waals surface area contributed by atoms with E-state index < -0.39 is 10.1 Å². The molecule has 2 aromatic carbocycles. The lowest BCUT2D eigenvalue weighted by Gasteiger charge is -2.11. The Morgan fingerprint density at radius 3 is 2.66 bits per heavy atom. The zero-order valence-corrected chi connectivity index (χ0v) is 20.0. The largest absolute Gasteiger partial charge is 0.378 e. The van der Waals surface area contributed by atoms with Crippen molar-refractivity contribution >= 4 is 71.0 Å². The zero-order chi connectivity index (χ0) is 21.2. The average Bonchev–Trinajstić information content (AvgIpc) is 2.97. The van der Waals surface area contributed by atoms with Gasteiger partial charge in [-0.3, -0.25) is 4.79 Å². The quantitative estimate of drug-likeness (QED) is 0.335. The van der Waals surface area contributed by atoms with Crippen molar-refractivity contribution < 1.29 is 17.4 Å². The van der Waals surface area contributed by atoms with Gasteiger partial charge in [0.1, 0.15) is 4.90 Å². The minimum atomic E-state index is -4.09. The first kappa shape index (κ1) is 22.0. The Morgan fingerprint density at radius 1 is 1.21 bits per heavy atom. The molecule has 0 saturated carbocycles. The summed E-state index contributed by atoms with van der Waals surface area (Å²) >= 11 is 7.77. The van der Waals surface area contributed by atoms with Crippen molar-refractivity contribution in [3.8, 4) is 5.75 Å². The summed E-state index contributed by atoms with van der Waals surface area (Å²) in [6.45, 7) is 3.63. The lowest BCUT2D eigenvalue weighted by Crippen LogP contribution is -2.23. The van der Waals surface area contributed by atoms with Gasteiger partial charge in [0.15, 0.2) is 10.9 Å². The van der Waals surface area contributed by atoms with E-state index in [4.69, 9.17) is 4.18 Å². The molecule has 0 spiro atoms. The van der Waals surface area contributed by atoms with Gasteiger partial charge in [0.2, 0.25) is 5.91 Å². The van der Waals surface area contributed by atoms with Crippen molar-refractivity contribution in [2.75, 3.05) is 0 Å². The van der Waals surface area contributed by atoms with E-state index in [1.54, 1.807) is 37.3 Å². The van der Waals surface area contributed by atoms with Crippen molar-refractivity contribution in [2.24, 2.45) is 10.2 Å². The van der Waals surface area contributed by atoms with Crippen molar-refractivity contribution in [2.45, 2.75) is 24.0 Å². The van der Waals surface area contributed by atoms with E-state index in [0.29, 0.717) is 19.7 Å². The highest BCUT2D eigenvalue weighted by Crippen LogP contribution is 2.29. The van der Waals surface area contributed by atoms with Crippen molar-refractivity contribution in [1.29, 1.82) is 0 Å². The second kappa shape index (κ2) is 8.99. The van der Waals surface area contributed by atoms with E-state index in [0.717, 1.165) is 5.56 Å². The monoisotopic (exact) mass is 559 g/mol. The van der Waals surface area contributed by atoms with Crippen LogP contribution in [0.3, 0.4) is 0 Å². The molecule has 1 aliphatic heterocycles. The number of carbonyl (C=O) groups excluding carboxylic acids is 1. The Hall–Kier alpha value is -1.69. The molecule has 1 heterocycles. The second-order valence-electron chi connectivity index (χ2n) is 6.05. The van der Waals surface area contributed by atoms with E-state index in [2.05, 4.69) is 47.4 Å². The molecule has 152 valence electrons. The second-order valence-corrected chi connectivity index (χ2v) is 10.7. The van der Waals surface area contributed by atoms with E-state index >= 15 is 0 Å². The molecule has 1 atom stereocenters. The van der Waals surface area contributed by atoms with Gasteiger partial charge in [-0.2, -0.15) is 13.5 Å². The van der Waals surface area contributed by atoms with Gasteiger partial charge in [-0.05, 0) is 60.1 Å². The van der Waals surface area contributed by atoms with Crippen molar-refractivity contribution in [3.63, 3.8) is 0 Å². The van der Waals surface area contributed by atoms with Crippen molar-refractivity contribution in [3.05, 3.63) is 56.5 Å². The minimum Gasteiger partial charge on any atom is -0.378 e. The first-order chi connectivity index (χ1) is 13.7. The van der Waals surface area contributed by atoms with Gasteiger partial charge < -0.3 is 9.50 Å². The molecular weight excluding hydrogens is 546 g/mol. The predicted octanol–water partition coefficient (Wildman–Crippen LogP) is 4.23. The fourth-order valence-corrected chi connectivity index (χ4v) is 5.49. The molecule has 1 fully saturated rings. The molecule has 1 amide bonds. The number of amidine groups is 1. The first-order valence-corrected chi connectivity index (χ1v) is 12.1. The summed E-state index contributed by atoms with van der Waals surface area (Å²) in [5.74, 6) is -0.0166. The van der Waals surface area contributed by atoms with Crippen LogP contribution < -0.4 is 9.50 Å². The maximum absolute atomic E-state index is 12.8. The number of rotatable bonds is 5. The number of thioether (sulfide) groups is 1. The van der Waals surface area contributed by atoms with Crippen LogP contribution in [0.15, 0.2) is 60.4 Å². The number of hydrogen-bond acceptors (Lipinski definition) is 7. The molecule has 7 nitrogen and oxygen atoms in total. The van der Waals surface area contributed by atoms with Gasteiger partial charge >= 0.3 is 10.1 Å². The first-order valence-electron chi connectivity index (χ1n) is 8.24. The van der Waals surface area contributed by atoms with Crippen LogP contribution >= 0.6 is 43.6 Å². The molecular formula is C18H15Br2N3O4S2. The number of aryl methyl sites for hydroxylation is 1. The third-order valence-electron chi connectivity index (χ3n) is 3.76. The molecule has 0 aliphatic carbocycles. The highest BCUT2D eigenvalue weighted by atomic mass is 79.9. The highest BCUT2D eigenvalue weighted by molar-refractivity contribution is 9.11. The molecule has 0 bridgehead atoms. The number of amides is 1. The molecule has 1 N–H and O–H groups in total. The maximum Gasteiger partial charge on any atom is 0.340 e. The normalized spacial score (nSPS) is 18.4. The van der Waals surface area contributed by atoms with Crippen LogP contribution in [0.2, 0.25) is 0 Å². The summed E-state index contributed by atoms with van der Waals surface area (Å²) in [5.41, 5.74) is 1.33. The fraction of sp³-hybridized carbons (Fsp3) is 0.167. The average molecular weight is 561 g/mol. The number of halogens is 2. The number of benzene rings is 2. The highest BCUT2D eigenvalue weighted by Gasteiger charge is 2.26. The van der Waals surface area contributed by atoms with Gasteiger partial charge in [-0.1, -0.05) is 39.3 Å². The van der Waals surface area contributed by atoms with Crippen LogP contribution in [0, 0.1) is 6.92 Å². The molecule has 1 saturated heterocycles. The van der Waals surface area contributed by atoms with Gasteiger partial charge in [-0.25, -0.2) is 0 Å². The summed E-state index contributed by atoms with van der Waals surface area (Å²) in [6.07, 6.45) is 1.39. The van der Waals surface area contributed by atoms with Crippen LogP contribution in [0.1, 0.15) is 18.1 Å². The molecule has 2 aromatic rings. The summed E-state index contributed by atoms with van der Waals surface area (Å²) in [7, 11) is -4.09. The van der Waals surface area contributed by atoms with Crippen LogP contribution in [-0.2, 0) is 14.9 Å². The lowest BCUT2D eigenvalue weighted by atomic mass is 10.1. The Morgan fingerprint density at radius 2 is 1.97 bits per heavy atom. The molecule has 0 aromatic heterocycles. The number of nitrogens with one attached hydrogen (secondary N) is 1. The fourth-order valence-electron chi connectivity index (χ4n) is 2.33. The number of nitrogens with zero attached hydrogens (tertiary/aromatic N) is 2. The Balaban J connectivity index is 1.89. The third-order valence-corrected chi connectivity index (χ3v) is 7.46. The lowest BCUT2D eigenvalue weighted by molar-refractivity contribution is -0.118. The molecule has 11 heteroatoms. The minimum absolute atomic E-state index is 0.00497. The number of hydrogen-bond donors (Lipinski definition) is 1. The van der Waals surface area contributed by atoms with Gasteiger partial charge in [0.05, 0.1) is 11.5 Å². The predicted molar refractivity (Wildman–Crippen MR) is 121 cm³/mol. The zero-order valence-electron chi connectivity index (χ0n) is 15.2. The molecule has 0 unspecified atom stereocenters. The van der Waals surface area contributed by atoms with Crippen LogP contribution in [0.25, 0.3) is 0 Å². The number of carbonyl (C=O) groups is 1. The van der Waals surface area contributed by atoms with Gasteiger partial charge in [0, 0.05) is 14.5 Å². The third kappa shape index (κ3) is 5.47. The SMILES string of the molecule is Cc1ccc(OS(=O)(=O)c2cc(Br)ccc2Br)c(C=NN=C2NC(=O)[C@H](C)S2)c1. The Labute approximate surface area is 189 Å². The molecule has 0 radical (unpaired) electrons. The standard InChI is InChI=1S/C18H15Br2N3O4S2/c1-10-3-6-15(27-29(25,26)16-8-13(19)4-5-14(16)20)12(7-10)9-21-23-18-22-17(24)11(2)28-18/h3-9,11H,1-2H3,(H,22,23,24)/t11-/m0/s1. The van der Waals surface area contributed by atoms with E-state index in [9.17, 15) is 13.2 Å². The van der Waals surface area contributed by atoms with Crippen LogP contribution in [-0.4, -0.2) is 31.0 Å². The van der Waals surface area contributed by atoms with E-state index in [-0.39, 0.29) is 21.8 Å². The summed E-state index contributed by atoms with van der Waals surface area (Å²) in [6, 6.07) is 9.80. The van der Waals surface area contributed by atoms with E-state index in [1.807, 2.05) is 6.92 Å². The maximum atomic E-state index is 12.8. The molecule has 3 rings (SSSR count). The Kier molecular flexibility index (Phi) is 6.82. The van der Waals surface area contributed by atoms with Crippen LogP contribution in [0.5, 0.6) is 5.75 Å². The summed E-state index contributed by atoms with van der Waals surface area (Å²) in [5, 5.41) is 10.7. The molecule has 29 heavy (non-hydrogen) atoms. The summed E-state index contributed by atoms with van der Waals surface area (Å²) < 4.78 is 31.9. The molecule has 1 aliphatic rings. The smallest absolute Gasteiger partial charge is 0.340 e.